The fourth-order valence-corrected chi connectivity index (χ4v) is 4.68. The van der Waals surface area contributed by atoms with Crippen molar-refractivity contribution < 1.29 is 23.0 Å². The molecule has 0 atom stereocenters. The van der Waals surface area contributed by atoms with Crippen LogP contribution in [0.4, 0.5) is 13.2 Å². The summed E-state index contributed by atoms with van der Waals surface area (Å²) in [6.45, 7) is 0.846. The number of alkyl halides is 2. The first-order valence-corrected chi connectivity index (χ1v) is 11.6. The molecule has 2 aromatic heterocycles. The Balaban J connectivity index is 1.65. The quantitative estimate of drug-likeness (QED) is 0.405. The van der Waals surface area contributed by atoms with Crippen LogP contribution < -0.4 is 4.74 Å². The van der Waals surface area contributed by atoms with Crippen LogP contribution in [0.3, 0.4) is 0 Å². The lowest BCUT2D eigenvalue weighted by molar-refractivity contribution is -0.0529. The zero-order chi connectivity index (χ0) is 25.8. The van der Waals surface area contributed by atoms with Crippen LogP contribution in [0.2, 0.25) is 5.02 Å². The van der Waals surface area contributed by atoms with Crippen LogP contribution in [0.5, 0.6) is 5.75 Å². The van der Waals surface area contributed by atoms with Gasteiger partial charge in [-0.3, -0.25) is 4.90 Å². The highest BCUT2D eigenvalue weighted by atomic mass is 35.5. The number of rotatable bonds is 4. The van der Waals surface area contributed by atoms with Crippen molar-refractivity contribution in [3.63, 3.8) is 0 Å². The van der Waals surface area contributed by atoms with Gasteiger partial charge in [-0.15, -0.1) is 0 Å². The molecule has 4 aromatic rings. The van der Waals surface area contributed by atoms with E-state index in [0.29, 0.717) is 35.8 Å². The van der Waals surface area contributed by atoms with Crippen LogP contribution in [0.15, 0.2) is 36.7 Å². The van der Waals surface area contributed by atoms with Gasteiger partial charge in [0.2, 0.25) is 0 Å². The number of imidazole rings is 1. The van der Waals surface area contributed by atoms with Gasteiger partial charge >= 0.3 is 6.61 Å². The summed E-state index contributed by atoms with van der Waals surface area (Å²) in [4.78, 5) is 15.2. The van der Waals surface area contributed by atoms with Gasteiger partial charge in [0.05, 0.1) is 24.1 Å². The Kier molecular flexibility index (Phi) is 6.14. The van der Waals surface area contributed by atoms with Crippen LogP contribution >= 0.6 is 11.6 Å². The van der Waals surface area contributed by atoms with Crippen LogP contribution in [0, 0.1) is 5.82 Å². The summed E-state index contributed by atoms with van der Waals surface area (Å²) >= 11 is 6.35. The third kappa shape index (κ3) is 4.52. The van der Waals surface area contributed by atoms with Gasteiger partial charge in [0.1, 0.15) is 11.4 Å². The second kappa shape index (κ2) is 9.02. The highest BCUT2D eigenvalue weighted by Gasteiger charge is 2.27. The number of hydrogen-bond donors (Lipinski definition) is 1. The van der Waals surface area contributed by atoms with Crippen LogP contribution in [-0.4, -0.2) is 43.2 Å². The Hall–Kier alpha value is -3.21. The molecule has 0 saturated carbocycles. The summed E-state index contributed by atoms with van der Waals surface area (Å²) in [5.41, 5.74) is 2.53. The van der Waals surface area contributed by atoms with Gasteiger partial charge in [-0.1, -0.05) is 17.7 Å². The molecule has 0 radical (unpaired) electrons. The molecule has 0 saturated heterocycles. The van der Waals surface area contributed by atoms with E-state index in [1.165, 1.54) is 0 Å². The predicted octanol–water partition coefficient (Wildman–Crippen LogP) is 5.11. The van der Waals surface area contributed by atoms with Gasteiger partial charge in [0.15, 0.2) is 17.4 Å². The summed E-state index contributed by atoms with van der Waals surface area (Å²) in [6.07, 6.45) is 3.25. The molecule has 5 rings (SSSR count). The van der Waals surface area contributed by atoms with Crippen molar-refractivity contribution in [2.24, 2.45) is 0 Å². The van der Waals surface area contributed by atoms with E-state index >= 15 is 0 Å². The first kappa shape index (κ1) is 24.5. The Morgan fingerprint density at radius 2 is 1.78 bits per heavy atom. The highest BCUT2D eigenvalue weighted by molar-refractivity contribution is 6.31. The number of aromatic nitrogens is 4. The van der Waals surface area contributed by atoms with Gasteiger partial charge < -0.3 is 14.4 Å². The lowest BCUT2D eigenvalue weighted by atomic mass is 10.0. The molecular weight excluding hydrogens is 495 g/mol. The molecular formula is C25H23ClF3N5O2. The number of halogens is 4. The first-order valence-electron chi connectivity index (χ1n) is 11.2. The number of hydrogen-bond acceptors (Lipinski definition) is 6. The summed E-state index contributed by atoms with van der Waals surface area (Å²) in [7, 11) is 1.85. The third-order valence-corrected chi connectivity index (χ3v) is 6.46. The SMILES string of the molecule is CN1Cc2c(Cl)cc(F)c(OC(F)F)c2Cn2c(nc3ccc(-c4cnc(C(C)(C)O)nc4)cc32)C1. The maximum atomic E-state index is 14.7. The minimum Gasteiger partial charge on any atom is -0.431 e. The zero-order valence-electron chi connectivity index (χ0n) is 19.8. The minimum absolute atomic E-state index is 0.0478. The van der Waals surface area contributed by atoms with E-state index < -0.39 is 23.8 Å². The zero-order valence-corrected chi connectivity index (χ0v) is 20.5. The largest absolute Gasteiger partial charge is 0.431 e. The summed E-state index contributed by atoms with van der Waals surface area (Å²) in [6, 6.07) is 6.63. The van der Waals surface area contributed by atoms with E-state index in [9.17, 15) is 18.3 Å². The molecule has 3 heterocycles. The number of fused-ring (bicyclic) bond motifs is 4. The molecule has 0 fully saturated rings. The van der Waals surface area contributed by atoms with Gasteiger partial charge in [-0.2, -0.15) is 8.78 Å². The van der Waals surface area contributed by atoms with Crippen molar-refractivity contribution in [1.82, 2.24) is 24.4 Å². The summed E-state index contributed by atoms with van der Waals surface area (Å²) in [5, 5.41) is 10.3. The molecule has 188 valence electrons. The lowest BCUT2D eigenvalue weighted by Crippen LogP contribution is -2.25. The second-order valence-electron chi connectivity index (χ2n) is 9.35. The maximum Gasteiger partial charge on any atom is 0.387 e. The first-order chi connectivity index (χ1) is 17.0. The normalized spacial score (nSPS) is 14.5. The fraction of sp³-hybridized carbons (Fsp3) is 0.320. The molecule has 0 aliphatic carbocycles. The Morgan fingerprint density at radius 3 is 2.44 bits per heavy atom. The van der Waals surface area contributed by atoms with E-state index in [2.05, 4.69) is 14.7 Å². The Morgan fingerprint density at radius 1 is 1.06 bits per heavy atom. The van der Waals surface area contributed by atoms with E-state index in [0.717, 1.165) is 22.7 Å². The number of aliphatic hydroxyl groups is 1. The topological polar surface area (TPSA) is 76.3 Å². The highest BCUT2D eigenvalue weighted by Crippen LogP contribution is 2.37. The average Bonchev–Trinajstić information content (AvgIpc) is 3.12. The molecule has 0 spiro atoms. The molecule has 0 bridgehead atoms. The Labute approximate surface area is 210 Å². The molecule has 0 amide bonds. The van der Waals surface area contributed by atoms with Gasteiger partial charge in [-0.25, -0.2) is 19.3 Å². The maximum absolute atomic E-state index is 14.7. The van der Waals surface area contributed by atoms with Crippen LogP contribution in [0.25, 0.3) is 22.2 Å². The Bertz CT molecular complexity index is 1430. The lowest BCUT2D eigenvalue weighted by Gasteiger charge is -2.26. The van der Waals surface area contributed by atoms with Crippen molar-refractivity contribution in [3.05, 3.63) is 70.3 Å². The van der Waals surface area contributed by atoms with E-state index in [1.807, 2.05) is 34.7 Å². The molecule has 1 aliphatic heterocycles. The number of nitrogens with zero attached hydrogens (tertiary/aromatic N) is 5. The fourth-order valence-electron chi connectivity index (χ4n) is 4.41. The van der Waals surface area contributed by atoms with Crippen LogP contribution in [0.1, 0.15) is 36.6 Å². The number of benzene rings is 2. The second-order valence-corrected chi connectivity index (χ2v) is 9.76. The van der Waals surface area contributed by atoms with E-state index in [-0.39, 0.29) is 17.1 Å². The van der Waals surface area contributed by atoms with Crippen molar-refractivity contribution >= 4 is 22.6 Å². The average molecular weight is 518 g/mol. The van der Waals surface area contributed by atoms with Gasteiger partial charge in [0, 0.05) is 35.1 Å². The van der Waals surface area contributed by atoms with Crippen molar-refractivity contribution in [3.8, 4) is 16.9 Å². The van der Waals surface area contributed by atoms with E-state index in [1.54, 1.807) is 26.2 Å². The molecule has 11 heteroatoms. The van der Waals surface area contributed by atoms with E-state index in [4.69, 9.17) is 16.6 Å². The molecule has 1 aliphatic rings. The third-order valence-electron chi connectivity index (χ3n) is 6.12. The smallest absolute Gasteiger partial charge is 0.387 e. The summed E-state index contributed by atoms with van der Waals surface area (Å²) in [5.74, 6) is -0.476. The molecule has 36 heavy (non-hydrogen) atoms. The molecule has 7 nitrogen and oxygen atoms in total. The van der Waals surface area contributed by atoms with Gasteiger partial charge in [-0.05, 0) is 50.2 Å². The summed E-state index contributed by atoms with van der Waals surface area (Å²) < 4.78 is 47.6. The standard InChI is InChI=1S/C25H23ClF3N5O2/c1-25(2,35)23-30-8-14(9-31-23)13-4-5-19-20(6-13)34-11-16-15(10-33(3)12-21(34)32-19)17(26)7-18(27)22(16)36-24(28)29/h4-9,24,35H,10-12H2,1-3H3. The number of ether oxygens (including phenoxy) is 1. The van der Waals surface area contributed by atoms with Crippen molar-refractivity contribution in [2.75, 3.05) is 7.05 Å². The van der Waals surface area contributed by atoms with Crippen molar-refractivity contribution in [2.45, 2.75) is 45.7 Å². The molecule has 2 aromatic carbocycles. The van der Waals surface area contributed by atoms with Crippen molar-refractivity contribution in [1.29, 1.82) is 0 Å². The van der Waals surface area contributed by atoms with Gasteiger partial charge in [0.25, 0.3) is 0 Å². The monoisotopic (exact) mass is 517 g/mol. The minimum atomic E-state index is -3.19. The molecule has 0 unspecified atom stereocenters. The predicted molar refractivity (Wildman–Crippen MR) is 128 cm³/mol. The van der Waals surface area contributed by atoms with Crippen LogP contribution in [-0.2, 0) is 25.2 Å². The molecule has 1 N–H and O–H groups in total.